The van der Waals surface area contributed by atoms with Crippen LogP contribution in [0.5, 0.6) is 0 Å². The molecule has 2 aliphatic rings. The maximum Gasteiger partial charge on any atom is 0.0447 e. The van der Waals surface area contributed by atoms with Crippen LogP contribution in [0.1, 0.15) is 31.4 Å². The number of pyridine rings is 1. The minimum atomic E-state index is 0.619. The molecule has 3 rings (SSSR count). The van der Waals surface area contributed by atoms with Gasteiger partial charge in [-0.1, -0.05) is 31.2 Å². The van der Waals surface area contributed by atoms with Gasteiger partial charge in [0.05, 0.1) is 0 Å². The van der Waals surface area contributed by atoms with E-state index < -0.39 is 0 Å². The van der Waals surface area contributed by atoms with Crippen LogP contribution in [0.25, 0.3) is 0 Å². The minimum Gasteiger partial charge on any atom is -0.298 e. The van der Waals surface area contributed by atoms with Crippen molar-refractivity contribution in [3.63, 3.8) is 0 Å². The van der Waals surface area contributed by atoms with Crippen LogP contribution in [0.4, 0.5) is 0 Å². The van der Waals surface area contributed by atoms with Crippen molar-refractivity contribution < 1.29 is 0 Å². The number of nitrogens with zero attached hydrogens (tertiary/aromatic N) is 2. The summed E-state index contributed by atoms with van der Waals surface area (Å²) in [7, 11) is 0. The normalized spacial score (nSPS) is 27.5. The molecule has 0 radical (unpaired) electrons. The van der Waals surface area contributed by atoms with Gasteiger partial charge in [0, 0.05) is 30.9 Å². The molecule has 0 spiro atoms. The first-order valence-corrected chi connectivity index (χ1v) is 7.32. The average Bonchev–Trinajstić information content (AvgIpc) is 2.91. The average molecular weight is 254 g/mol. The Morgan fingerprint density at radius 1 is 1.37 bits per heavy atom. The molecule has 0 saturated carbocycles. The van der Waals surface area contributed by atoms with Gasteiger partial charge >= 0.3 is 0 Å². The van der Waals surface area contributed by atoms with Crippen molar-refractivity contribution >= 4 is 0 Å². The summed E-state index contributed by atoms with van der Waals surface area (Å²) in [5, 5.41) is 0. The number of allylic oxidation sites excluding steroid dienone is 2. The Kier molecular flexibility index (Phi) is 3.79. The Morgan fingerprint density at radius 2 is 2.32 bits per heavy atom. The van der Waals surface area contributed by atoms with Gasteiger partial charge in [0.1, 0.15) is 0 Å². The minimum absolute atomic E-state index is 0.619. The molecule has 2 heteroatoms. The molecule has 1 aromatic rings. The molecule has 1 fully saturated rings. The topological polar surface area (TPSA) is 16.1 Å². The molecular formula is C17H22N2. The summed E-state index contributed by atoms with van der Waals surface area (Å²) in [5.41, 5.74) is 2.74. The van der Waals surface area contributed by atoms with Crippen molar-refractivity contribution in [1.29, 1.82) is 0 Å². The van der Waals surface area contributed by atoms with E-state index in [1.165, 1.54) is 30.7 Å². The molecule has 2 unspecified atom stereocenters. The van der Waals surface area contributed by atoms with E-state index in [-0.39, 0.29) is 0 Å². The zero-order chi connectivity index (χ0) is 13.1. The predicted molar refractivity (Wildman–Crippen MR) is 79.0 cm³/mol. The summed E-state index contributed by atoms with van der Waals surface area (Å²) >= 11 is 0. The highest BCUT2D eigenvalue weighted by atomic mass is 15.1. The number of rotatable bonds is 3. The van der Waals surface area contributed by atoms with E-state index in [0.717, 1.165) is 13.1 Å². The van der Waals surface area contributed by atoms with Gasteiger partial charge < -0.3 is 0 Å². The van der Waals surface area contributed by atoms with Gasteiger partial charge in [-0.25, -0.2) is 0 Å². The molecule has 1 saturated heterocycles. The van der Waals surface area contributed by atoms with Crippen molar-refractivity contribution in [2.24, 2.45) is 5.92 Å². The lowest BCUT2D eigenvalue weighted by atomic mass is 9.98. The van der Waals surface area contributed by atoms with Crippen molar-refractivity contribution in [2.75, 3.05) is 19.6 Å². The van der Waals surface area contributed by atoms with Crippen molar-refractivity contribution in [2.45, 2.75) is 25.7 Å². The van der Waals surface area contributed by atoms with Crippen molar-refractivity contribution in [3.05, 3.63) is 53.9 Å². The molecule has 0 bridgehead atoms. The van der Waals surface area contributed by atoms with Gasteiger partial charge in [-0.15, -0.1) is 0 Å². The van der Waals surface area contributed by atoms with E-state index in [4.69, 9.17) is 0 Å². The van der Waals surface area contributed by atoms with Gasteiger partial charge in [-0.2, -0.15) is 0 Å². The van der Waals surface area contributed by atoms with Crippen LogP contribution in [0, 0.1) is 5.92 Å². The molecule has 0 N–H and O–H groups in total. The largest absolute Gasteiger partial charge is 0.298 e. The molecule has 1 aliphatic carbocycles. The van der Waals surface area contributed by atoms with E-state index in [1.807, 2.05) is 12.3 Å². The van der Waals surface area contributed by atoms with Crippen LogP contribution in [-0.4, -0.2) is 29.5 Å². The molecule has 2 heterocycles. The third-order valence-electron chi connectivity index (χ3n) is 4.18. The highest BCUT2D eigenvalue weighted by Crippen LogP contribution is 2.26. The maximum absolute atomic E-state index is 4.50. The van der Waals surface area contributed by atoms with Crippen LogP contribution in [0.3, 0.4) is 0 Å². The van der Waals surface area contributed by atoms with E-state index >= 15 is 0 Å². The third kappa shape index (κ3) is 3.13. The summed E-state index contributed by atoms with van der Waals surface area (Å²) in [4.78, 5) is 7.06. The highest BCUT2D eigenvalue weighted by molar-refractivity contribution is 5.25. The molecule has 0 amide bonds. The quantitative estimate of drug-likeness (QED) is 0.822. The van der Waals surface area contributed by atoms with Gasteiger partial charge in [-0.05, 0) is 43.0 Å². The first-order valence-electron chi connectivity index (χ1n) is 7.32. The van der Waals surface area contributed by atoms with Crippen LogP contribution in [0.2, 0.25) is 0 Å². The van der Waals surface area contributed by atoms with Gasteiger partial charge in [0.15, 0.2) is 0 Å². The Bertz CT molecular complexity index is 475. The standard InChI is InChI=1S/C17H22N2/c1-14-5-7-15(8-6-14)12-19-11-9-16(13-19)17-4-2-3-10-18-17/h2-5,7-8,10,14,16H,6,9,11-13H2,1H3. The molecule has 19 heavy (non-hydrogen) atoms. The SMILES string of the molecule is CC1C=CC(CN2CCC(c3ccccn3)C2)=CC1. The number of likely N-dealkylation sites (tertiary alicyclic amines) is 1. The molecule has 1 aromatic heterocycles. The molecule has 0 aromatic carbocycles. The Balaban J connectivity index is 1.57. The van der Waals surface area contributed by atoms with E-state index in [2.05, 4.69) is 47.2 Å². The molecule has 2 nitrogen and oxygen atoms in total. The second-order valence-electron chi connectivity index (χ2n) is 5.83. The van der Waals surface area contributed by atoms with Crippen LogP contribution < -0.4 is 0 Å². The molecule has 2 atom stereocenters. The molecule has 1 aliphatic heterocycles. The maximum atomic E-state index is 4.50. The third-order valence-corrected chi connectivity index (χ3v) is 4.18. The first kappa shape index (κ1) is 12.6. The summed E-state index contributed by atoms with van der Waals surface area (Å²) in [6, 6.07) is 6.25. The lowest BCUT2D eigenvalue weighted by molar-refractivity contribution is 0.364. The van der Waals surface area contributed by atoms with Crippen LogP contribution >= 0.6 is 0 Å². The lowest BCUT2D eigenvalue weighted by Crippen LogP contribution is -2.23. The summed E-state index contributed by atoms with van der Waals surface area (Å²) in [5.74, 6) is 1.33. The monoisotopic (exact) mass is 254 g/mol. The molecule has 100 valence electrons. The summed E-state index contributed by atoms with van der Waals surface area (Å²) in [6.45, 7) is 5.73. The van der Waals surface area contributed by atoms with Gasteiger partial charge in [0.2, 0.25) is 0 Å². The van der Waals surface area contributed by atoms with Crippen molar-refractivity contribution in [1.82, 2.24) is 9.88 Å². The van der Waals surface area contributed by atoms with Gasteiger partial charge in [-0.3, -0.25) is 9.88 Å². The van der Waals surface area contributed by atoms with Crippen molar-refractivity contribution in [3.8, 4) is 0 Å². The Hall–Kier alpha value is -1.41. The van der Waals surface area contributed by atoms with Gasteiger partial charge in [0.25, 0.3) is 0 Å². The molecular weight excluding hydrogens is 232 g/mol. The smallest absolute Gasteiger partial charge is 0.0447 e. The zero-order valence-electron chi connectivity index (χ0n) is 11.6. The number of hydrogen-bond donors (Lipinski definition) is 0. The van der Waals surface area contributed by atoms with Crippen LogP contribution in [0.15, 0.2) is 48.2 Å². The number of hydrogen-bond acceptors (Lipinski definition) is 2. The lowest BCUT2D eigenvalue weighted by Gasteiger charge is -2.19. The van der Waals surface area contributed by atoms with E-state index in [0.29, 0.717) is 11.8 Å². The fourth-order valence-corrected chi connectivity index (χ4v) is 2.98. The fourth-order valence-electron chi connectivity index (χ4n) is 2.98. The van der Waals surface area contributed by atoms with Crippen LogP contribution in [-0.2, 0) is 0 Å². The summed E-state index contributed by atoms with van der Waals surface area (Å²) in [6.07, 6.45) is 11.4. The fraction of sp³-hybridized carbons (Fsp3) is 0.471. The first-order chi connectivity index (χ1) is 9.31. The predicted octanol–water partition coefficient (Wildman–Crippen LogP) is 3.39. The second kappa shape index (κ2) is 5.70. The van der Waals surface area contributed by atoms with E-state index in [9.17, 15) is 0 Å². The Morgan fingerprint density at radius 3 is 3.05 bits per heavy atom. The zero-order valence-corrected chi connectivity index (χ0v) is 11.6. The highest BCUT2D eigenvalue weighted by Gasteiger charge is 2.24. The summed E-state index contributed by atoms with van der Waals surface area (Å²) < 4.78 is 0. The second-order valence-corrected chi connectivity index (χ2v) is 5.83. The Labute approximate surface area is 115 Å². The number of aromatic nitrogens is 1. The van der Waals surface area contributed by atoms with E-state index in [1.54, 1.807) is 0 Å².